The van der Waals surface area contributed by atoms with E-state index in [-0.39, 0.29) is 10.7 Å². The zero-order chi connectivity index (χ0) is 21.3. The first-order chi connectivity index (χ1) is 14.4. The molecule has 30 heavy (non-hydrogen) atoms. The van der Waals surface area contributed by atoms with Gasteiger partial charge in [-0.2, -0.15) is 0 Å². The zero-order valence-electron chi connectivity index (χ0n) is 15.7. The molecule has 1 saturated heterocycles. The molecule has 1 aliphatic heterocycles. The fourth-order valence-corrected chi connectivity index (χ4v) is 4.08. The molecule has 1 fully saturated rings. The summed E-state index contributed by atoms with van der Waals surface area (Å²) in [6.45, 7) is 1.86. The minimum atomic E-state index is -0.576. The summed E-state index contributed by atoms with van der Waals surface area (Å²) < 4.78 is 5.77. The maximum atomic E-state index is 13.1. The van der Waals surface area contributed by atoms with Gasteiger partial charge in [0, 0.05) is 9.92 Å². The molecule has 3 aromatic rings. The van der Waals surface area contributed by atoms with E-state index in [0.717, 1.165) is 10.5 Å². The van der Waals surface area contributed by atoms with Crippen LogP contribution in [0.1, 0.15) is 11.3 Å². The fraction of sp³-hybridized carbons (Fsp3) is 0.0455. The highest BCUT2D eigenvalue weighted by Crippen LogP contribution is 2.31. The zero-order valence-corrected chi connectivity index (χ0v) is 18.1. The van der Waals surface area contributed by atoms with Gasteiger partial charge in [0.1, 0.15) is 11.3 Å². The van der Waals surface area contributed by atoms with Crippen molar-refractivity contribution in [2.24, 2.45) is 0 Å². The van der Waals surface area contributed by atoms with Crippen LogP contribution in [0.5, 0.6) is 0 Å². The Morgan fingerprint density at radius 1 is 1.10 bits per heavy atom. The number of aryl methyl sites for hydroxylation is 1. The normalized spacial score (nSPS) is 15.6. The van der Waals surface area contributed by atoms with E-state index in [1.54, 1.807) is 30.3 Å². The second-order valence-corrected chi connectivity index (χ2v) is 8.34. The highest BCUT2D eigenvalue weighted by molar-refractivity contribution is 7.99. The number of carbonyl (C=O) groups is 2. The Kier molecular flexibility index (Phi) is 5.76. The minimum Gasteiger partial charge on any atom is -0.450 e. The molecule has 8 heteroatoms. The van der Waals surface area contributed by atoms with Crippen LogP contribution in [0.2, 0.25) is 5.02 Å². The molecule has 0 aliphatic carbocycles. The number of nitrogens with zero attached hydrogens (tertiary/aromatic N) is 1. The SMILES string of the molecule is Cc1ccc(N2C(=O)/C(=C/c3ccc(Sc4ccccc4)o3)C(=O)NC2=S)cc1Cl. The van der Waals surface area contributed by atoms with Gasteiger partial charge in [0.25, 0.3) is 11.8 Å². The average molecular weight is 455 g/mol. The Bertz CT molecular complexity index is 1190. The Morgan fingerprint density at radius 2 is 1.87 bits per heavy atom. The number of anilines is 1. The third kappa shape index (κ3) is 4.18. The highest BCUT2D eigenvalue weighted by Gasteiger charge is 2.35. The Balaban J connectivity index is 1.62. The quantitative estimate of drug-likeness (QED) is 0.332. The van der Waals surface area contributed by atoms with Gasteiger partial charge >= 0.3 is 0 Å². The molecular formula is C22H15ClN2O3S2. The van der Waals surface area contributed by atoms with E-state index in [0.29, 0.717) is 21.6 Å². The van der Waals surface area contributed by atoms with Crippen LogP contribution in [0.4, 0.5) is 5.69 Å². The van der Waals surface area contributed by atoms with E-state index in [4.69, 9.17) is 28.2 Å². The number of halogens is 1. The molecule has 5 nitrogen and oxygen atoms in total. The third-order valence-electron chi connectivity index (χ3n) is 4.37. The summed E-state index contributed by atoms with van der Waals surface area (Å²) in [5.41, 5.74) is 1.27. The van der Waals surface area contributed by atoms with Crippen LogP contribution in [0.3, 0.4) is 0 Å². The minimum absolute atomic E-state index is 0.00170. The number of furan rings is 1. The first-order valence-electron chi connectivity index (χ1n) is 8.93. The number of carbonyl (C=O) groups excluding carboxylic acids is 2. The van der Waals surface area contributed by atoms with Crippen LogP contribution in [0.25, 0.3) is 6.08 Å². The lowest BCUT2D eigenvalue weighted by Gasteiger charge is -2.29. The Morgan fingerprint density at radius 3 is 2.60 bits per heavy atom. The standard InChI is InChI=1S/C22H15ClN2O3S2/c1-13-7-8-14(11-18(13)23)25-21(27)17(20(26)24-22(25)29)12-15-9-10-19(28-15)30-16-5-3-2-4-6-16/h2-12H,1H3,(H,24,26,29)/b17-12+. The van der Waals surface area contributed by atoms with E-state index >= 15 is 0 Å². The van der Waals surface area contributed by atoms with E-state index in [1.165, 1.54) is 22.7 Å². The molecule has 2 amide bonds. The molecule has 0 unspecified atom stereocenters. The van der Waals surface area contributed by atoms with Gasteiger partial charge in [0.2, 0.25) is 0 Å². The van der Waals surface area contributed by atoms with Crippen molar-refractivity contribution in [3.63, 3.8) is 0 Å². The van der Waals surface area contributed by atoms with Crippen molar-refractivity contribution in [1.82, 2.24) is 5.32 Å². The predicted octanol–water partition coefficient (Wildman–Crippen LogP) is 5.22. The van der Waals surface area contributed by atoms with Crippen LogP contribution in [-0.2, 0) is 9.59 Å². The highest BCUT2D eigenvalue weighted by atomic mass is 35.5. The number of hydrogen-bond donors (Lipinski definition) is 1. The molecule has 4 rings (SSSR count). The van der Waals surface area contributed by atoms with Gasteiger partial charge in [-0.1, -0.05) is 47.6 Å². The van der Waals surface area contributed by atoms with Crippen molar-refractivity contribution in [2.45, 2.75) is 16.9 Å². The van der Waals surface area contributed by atoms with Crippen LogP contribution in [0.15, 0.2) is 80.6 Å². The Labute approximate surface area is 187 Å². The molecule has 1 N–H and O–H groups in total. The maximum absolute atomic E-state index is 13.1. The largest absolute Gasteiger partial charge is 0.450 e. The van der Waals surface area contributed by atoms with Gasteiger partial charge in [-0.15, -0.1) is 0 Å². The summed E-state index contributed by atoms with van der Waals surface area (Å²) in [6.07, 6.45) is 1.41. The number of amides is 2. The van der Waals surface area contributed by atoms with Crippen molar-refractivity contribution in [3.05, 3.63) is 82.6 Å². The molecule has 0 bridgehead atoms. The number of rotatable bonds is 4. The average Bonchev–Trinajstić information content (AvgIpc) is 3.15. The number of thiocarbonyl (C=S) groups is 1. The van der Waals surface area contributed by atoms with E-state index in [9.17, 15) is 9.59 Å². The van der Waals surface area contributed by atoms with Crippen molar-refractivity contribution >= 4 is 64.3 Å². The fourth-order valence-electron chi connectivity index (χ4n) is 2.83. The Hall–Kier alpha value is -2.87. The summed E-state index contributed by atoms with van der Waals surface area (Å²) in [5, 5.41) is 3.70. The van der Waals surface area contributed by atoms with Crippen LogP contribution >= 0.6 is 35.6 Å². The van der Waals surface area contributed by atoms with Gasteiger partial charge < -0.3 is 4.42 Å². The van der Waals surface area contributed by atoms with E-state index < -0.39 is 11.8 Å². The van der Waals surface area contributed by atoms with Crippen LogP contribution < -0.4 is 10.2 Å². The van der Waals surface area contributed by atoms with Crippen molar-refractivity contribution in [2.75, 3.05) is 4.90 Å². The molecule has 0 saturated carbocycles. The predicted molar refractivity (Wildman–Crippen MR) is 122 cm³/mol. The first-order valence-corrected chi connectivity index (χ1v) is 10.5. The van der Waals surface area contributed by atoms with Crippen LogP contribution in [0, 0.1) is 6.92 Å². The molecule has 0 spiro atoms. The summed E-state index contributed by atoms with van der Waals surface area (Å²) >= 11 is 12.8. The number of benzene rings is 2. The lowest BCUT2D eigenvalue weighted by Crippen LogP contribution is -2.54. The second kappa shape index (κ2) is 8.47. The summed E-state index contributed by atoms with van der Waals surface area (Å²) in [4.78, 5) is 27.8. The van der Waals surface area contributed by atoms with E-state index in [2.05, 4.69) is 5.32 Å². The van der Waals surface area contributed by atoms with Crippen molar-refractivity contribution in [3.8, 4) is 0 Å². The summed E-state index contributed by atoms with van der Waals surface area (Å²) in [7, 11) is 0. The summed E-state index contributed by atoms with van der Waals surface area (Å²) in [5.74, 6) is -0.730. The molecule has 0 atom stereocenters. The molecular weight excluding hydrogens is 440 g/mol. The topological polar surface area (TPSA) is 62.6 Å². The van der Waals surface area contributed by atoms with Gasteiger partial charge in [0.05, 0.1) is 5.69 Å². The lowest BCUT2D eigenvalue weighted by molar-refractivity contribution is -0.122. The lowest BCUT2D eigenvalue weighted by atomic mass is 10.1. The molecule has 1 aromatic heterocycles. The molecule has 2 aromatic carbocycles. The number of hydrogen-bond acceptors (Lipinski definition) is 5. The monoisotopic (exact) mass is 454 g/mol. The molecule has 0 radical (unpaired) electrons. The molecule has 2 heterocycles. The van der Waals surface area contributed by atoms with Crippen molar-refractivity contribution < 1.29 is 14.0 Å². The van der Waals surface area contributed by atoms with Gasteiger partial charge in [0.15, 0.2) is 10.2 Å². The summed E-state index contributed by atoms with van der Waals surface area (Å²) in [6, 6.07) is 18.4. The maximum Gasteiger partial charge on any atom is 0.270 e. The van der Waals surface area contributed by atoms with Crippen molar-refractivity contribution in [1.29, 1.82) is 0 Å². The smallest absolute Gasteiger partial charge is 0.270 e. The van der Waals surface area contributed by atoms with Gasteiger partial charge in [-0.25, -0.2) is 0 Å². The number of nitrogens with one attached hydrogen (secondary N) is 1. The van der Waals surface area contributed by atoms with Crippen LogP contribution in [-0.4, -0.2) is 16.9 Å². The van der Waals surface area contributed by atoms with Gasteiger partial charge in [-0.05, 0) is 67.2 Å². The van der Waals surface area contributed by atoms with E-state index in [1.807, 2.05) is 37.3 Å². The van der Waals surface area contributed by atoms with Gasteiger partial charge in [-0.3, -0.25) is 19.8 Å². The first kappa shape index (κ1) is 20.4. The second-order valence-electron chi connectivity index (χ2n) is 6.46. The third-order valence-corrected chi connectivity index (χ3v) is 5.99. The molecule has 150 valence electrons. The molecule has 1 aliphatic rings.